The molecule has 17 heavy (non-hydrogen) atoms. The molecular formula is C14H10ClNO. The van der Waals surface area contributed by atoms with Crippen LogP contribution in [0.2, 0.25) is 5.02 Å². The highest BCUT2D eigenvalue weighted by Crippen LogP contribution is 2.35. The first kappa shape index (κ1) is 10.4. The van der Waals surface area contributed by atoms with Crippen molar-refractivity contribution < 1.29 is 4.79 Å². The smallest absolute Gasteiger partial charge is 0.252 e. The Hall–Kier alpha value is -1.80. The van der Waals surface area contributed by atoms with Crippen molar-refractivity contribution in [2.45, 2.75) is 6.04 Å². The van der Waals surface area contributed by atoms with Gasteiger partial charge in [0.1, 0.15) is 0 Å². The van der Waals surface area contributed by atoms with Gasteiger partial charge < -0.3 is 5.32 Å². The molecule has 1 heterocycles. The number of carbonyl (C=O) groups excluding carboxylic acids is 1. The minimum atomic E-state index is -0.132. The zero-order valence-corrected chi connectivity index (χ0v) is 9.74. The topological polar surface area (TPSA) is 29.1 Å². The van der Waals surface area contributed by atoms with E-state index in [0.717, 1.165) is 11.1 Å². The number of carbonyl (C=O) groups is 1. The Bertz CT molecular complexity index is 580. The molecule has 1 aliphatic heterocycles. The second kappa shape index (κ2) is 3.90. The molecule has 2 aromatic carbocycles. The van der Waals surface area contributed by atoms with E-state index in [1.54, 1.807) is 12.1 Å². The second-order valence-electron chi connectivity index (χ2n) is 4.02. The highest BCUT2D eigenvalue weighted by Gasteiger charge is 2.31. The molecule has 3 rings (SSSR count). The SMILES string of the molecule is O=C1NC(c2ccccc2)c2c(Cl)cccc21. The van der Waals surface area contributed by atoms with Crippen molar-refractivity contribution in [3.63, 3.8) is 0 Å². The Morgan fingerprint density at radius 1 is 1.00 bits per heavy atom. The minimum absolute atomic E-state index is 0.0589. The van der Waals surface area contributed by atoms with Crippen molar-refractivity contribution in [1.29, 1.82) is 0 Å². The number of halogens is 1. The van der Waals surface area contributed by atoms with E-state index in [2.05, 4.69) is 5.32 Å². The van der Waals surface area contributed by atoms with Crippen molar-refractivity contribution in [2.24, 2.45) is 0 Å². The van der Waals surface area contributed by atoms with Gasteiger partial charge in [-0.2, -0.15) is 0 Å². The highest BCUT2D eigenvalue weighted by molar-refractivity contribution is 6.32. The normalized spacial score (nSPS) is 17.7. The number of fused-ring (bicyclic) bond motifs is 1. The lowest BCUT2D eigenvalue weighted by Gasteiger charge is -2.13. The summed E-state index contributed by atoms with van der Waals surface area (Å²) in [4.78, 5) is 11.8. The third-order valence-electron chi connectivity index (χ3n) is 2.99. The molecule has 1 atom stereocenters. The molecule has 3 heteroatoms. The van der Waals surface area contributed by atoms with E-state index in [4.69, 9.17) is 11.6 Å². The summed E-state index contributed by atoms with van der Waals surface area (Å²) in [5, 5.41) is 3.59. The molecule has 0 aromatic heterocycles. The molecule has 0 radical (unpaired) electrons. The summed E-state index contributed by atoms with van der Waals surface area (Å²) in [5.41, 5.74) is 2.60. The van der Waals surface area contributed by atoms with Crippen LogP contribution in [0.3, 0.4) is 0 Å². The number of amides is 1. The highest BCUT2D eigenvalue weighted by atomic mass is 35.5. The van der Waals surface area contributed by atoms with Crippen molar-refractivity contribution in [3.05, 3.63) is 70.2 Å². The number of hydrogen-bond acceptors (Lipinski definition) is 1. The molecule has 1 aliphatic rings. The lowest BCUT2D eigenvalue weighted by atomic mass is 9.98. The van der Waals surface area contributed by atoms with E-state index in [-0.39, 0.29) is 11.9 Å². The van der Waals surface area contributed by atoms with E-state index < -0.39 is 0 Å². The lowest BCUT2D eigenvalue weighted by Crippen LogP contribution is -2.19. The van der Waals surface area contributed by atoms with Crippen LogP contribution in [0.15, 0.2) is 48.5 Å². The van der Waals surface area contributed by atoms with Gasteiger partial charge in [0.2, 0.25) is 0 Å². The molecule has 2 nitrogen and oxygen atoms in total. The van der Waals surface area contributed by atoms with Gasteiger partial charge in [-0.05, 0) is 17.7 Å². The average molecular weight is 244 g/mol. The standard InChI is InChI=1S/C14H10ClNO/c15-11-8-4-7-10-12(11)13(16-14(10)17)9-5-2-1-3-6-9/h1-8,13H,(H,16,17). The molecule has 0 spiro atoms. The molecule has 1 N–H and O–H groups in total. The average Bonchev–Trinajstić information content (AvgIpc) is 2.70. The van der Waals surface area contributed by atoms with Crippen molar-refractivity contribution >= 4 is 17.5 Å². The van der Waals surface area contributed by atoms with Crippen LogP contribution in [-0.4, -0.2) is 5.91 Å². The fourth-order valence-electron chi connectivity index (χ4n) is 2.20. The number of benzene rings is 2. The second-order valence-corrected chi connectivity index (χ2v) is 4.43. The fraction of sp³-hybridized carbons (Fsp3) is 0.0714. The van der Waals surface area contributed by atoms with Crippen LogP contribution in [0.1, 0.15) is 27.5 Å². The predicted molar refractivity (Wildman–Crippen MR) is 67.2 cm³/mol. The van der Waals surface area contributed by atoms with Crippen LogP contribution < -0.4 is 5.32 Å². The first-order valence-electron chi connectivity index (χ1n) is 5.41. The van der Waals surface area contributed by atoms with E-state index in [9.17, 15) is 4.79 Å². The molecule has 0 saturated heterocycles. The molecular weight excluding hydrogens is 234 g/mol. The van der Waals surface area contributed by atoms with Gasteiger partial charge in [-0.3, -0.25) is 4.79 Å². The summed E-state index contributed by atoms with van der Waals surface area (Å²) >= 11 is 6.19. The predicted octanol–water partition coefficient (Wildman–Crippen LogP) is 3.17. The summed E-state index contributed by atoms with van der Waals surface area (Å²) in [5.74, 6) is -0.0589. The Balaban J connectivity index is 2.16. The molecule has 0 saturated carbocycles. The Kier molecular flexibility index (Phi) is 2.37. The third-order valence-corrected chi connectivity index (χ3v) is 3.32. The van der Waals surface area contributed by atoms with Crippen molar-refractivity contribution in [1.82, 2.24) is 5.32 Å². The molecule has 0 bridgehead atoms. The largest absolute Gasteiger partial charge is 0.341 e. The molecule has 1 amide bonds. The summed E-state index contributed by atoms with van der Waals surface area (Å²) in [6.45, 7) is 0. The number of rotatable bonds is 1. The number of hydrogen-bond donors (Lipinski definition) is 1. The van der Waals surface area contributed by atoms with E-state index in [0.29, 0.717) is 10.6 Å². The quantitative estimate of drug-likeness (QED) is 0.819. The van der Waals surface area contributed by atoms with E-state index in [1.165, 1.54) is 0 Å². The van der Waals surface area contributed by atoms with Gasteiger partial charge >= 0.3 is 0 Å². The fourth-order valence-corrected chi connectivity index (χ4v) is 2.49. The van der Waals surface area contributed by atoms with Crippen LogP contribution in [-0.2, 0) is 0 Å². The third kappa shape index (κ3) is 1.61. The van der Waals surface area contributed by atoms with Gasteiger partial charge in [0, 0.05) is 16.1 Å². The van der Waals surface area contributed by atoms with E-state index >= 15 is 0 Å². The maximum absolute atomic E-state index is 11.8. The lowest BCUT2D eigenvalue weighted by molar-refractivity contribution is 0.0960. The molecule has 1 unspecified atom stereocenters. The Morgan fingerprint density at radius 2 is 1.76 bits per heavy atom. The van der Waals surface area contributed by atoms with Gasteiger partial charge in [0.05, 0.1) is 6.04 Å². The Labute approximate surface area is 104 Å². The van der Waals surface area contributed by atoms with Crippen LogP contribution in [0.5, 0.6) is 0 Å². The number of nitrogens with one attached hydrogen (secondary N) is 1. The minimum Gasteiger partial charge on any atom is -0.341 e. The monoisotopic (exact) mass is 243 g/mol. The molecule has 0 fully saturated rings. The molecule has 0 aliphatic carbocycles. The zero-order valence-electron chi connectivity index (χ0n) is 8.98. The molecule has 84 valence electrons. The van der Waals surface area contributed by atoms with Gasteiger partial charge in [-0.25, -0.2) is 0 Å². The van der Waals surface area contributed by atoms with Gasteiger partial charge in [-0.1, -0.05) is 48.0 Å². The summed E-state index contributed by atoms with van der Waals surface area (Å²) in [6.07, 6.45) is 0. The first-order chi connectivity index (χ1) is 8.27. The van der Waals surface area contributed by atoms with Crippen LogP contribution >= 0.6 is 11.6 Å². The summed E-state index contributed by atoms with van der Waals surface area (Å²) in [6, 6.07) is 15.1. The van der Waals surface area contributed by atoms with E-state index in [1.807, 2.05) is 36.4 Å². The summed E-state index contributed by atoms with van der Waals surface area (Å²) < 4.78 is 0. The summed E-state index contributed by atoms with van der Waals surface area (Å²) in [7, 11) is 0. The zero-order chi connectivity index (χ0) is 11.8. The molecule has 2 aromatic rings. The van der Waals surface area contributed by atoms with Crippen LogP contribution in [0, 0.1) is 0 Å². The Morgan fingerprint density at radius 3 is 2.53 bits per heavy atom. The van der Waals surface area contributed by atoms with Crippen molar-refractivity contribution in [2.75, 3.05) is 0 Å². The van der Waals surface area contributed by atoms with Gasteiger partial charge in [0.25, 0.3) is 5.91 Å². The first-order valence-corrected chi connectivity index (χ1v) is 5.79. The van der Waals surface area contributed by atoms with Crippen LogP contribution in [0.25, 0.3) is 0 Å². The van der Waals surface area contributed by atoms with Crippen LogP contribution in [0.4, 0.5) is 0 Å². The van der Waals surface area contributed by atoms with Gasteiger partial charge in [0.15, 0.2) is 0 Å². The maximum atomic E-state index is 11.8. The van der Waals surface area contributed by atoms with Gasteiger partial charge in [-0.15, -0.1) is 0 Å². The van der Waals surface area contributed by atoms with Crippen molar-refractivity contribution in [3.8, 4) is 0 Å². The maximum Gasteiger partial charge on any atom is 0.252 e.